The molecule has 0 atom stereocenters. The maximum atomic E-state index is 12.2. The lowest BCUT2D eigenvalue weighted by Crippen LogP contribution is -2.26. The quantitative estimate of drug-likeness (QED) is 0.243. The molecule has 0 saturated heterocycles. The Hall–Kier alpha value is -4.22. The Morgan fingerprint density at radius 2 is 1.73 bits per heavy atom. The highest BCUT2D eigenvalue weighted by Crippen LogP contribution is 2.39. The fourth-order valence-electron chi connectivity index (χ4n) is 4.06. The lowest BCUT2D eigenvalue weighted by Gasteiger charge is -2.33. The first kappa shape index (κ1) is 29.0. The summed E-state index contributed by atoms with van der Waals surface area (Å²) in [5, 5.41) is 36.7. The van der Waals surface area contributed by atoms with E-state index in [2.05, 4.69) is 31.3 Å². The number of nitrogens with one attached hydrogen (secondary N) is 1. The van der Waals surface area contributed by atoms with E-state index < -0.39 is 22.4 Å². The van der Waals surface area contributed by atoms with E-state index in [4.69, 9.17) is 9.47 Å². The van der Waals surface area contributed by atoms with Gasteiger partial charge in [-0.1, -0.05) is 40.7 Å². The van der Waals surface area contributed by atoms with Crippen molar-refractivity contribution in [2.75, 3.05) is 13.2 Å². The number of aromatic hydroxyl groups is 1. The number of hydrogen-bond donors (Lipinski definition) is 2. The van der Waals surface area contributed by atoms with Crippen LogP contribution in [0.3, 0.4) is 0 Å². The van der Waals surface area contributed by atoms with E-state index >= 15 is 0 Å². The summed E-state index contributed by atoms with van der Waals surface area (Å²) in [6.45, 7) is 11.6. The molecule has 1 amide bonds. The van der Waals surface area contributed by atoms with Crippen LogP contribution in [-0.2, 0) is 10.2 Å². The molecule has 12 nitrogen and oxygen atoms in total. The van der Waals surface area contributed by atoms with Crippen LogP contribution in [0.1, 0.15) is 59.1 Å². The molecule has 0 unspecified atom stereocenters. The molecule has 0 aliphatic heterocycles. The van der Waals surface area contributed by atoms with E-state index in [0.29, 0.717) is 0 Å². The van der Waals surface area contributed by atoms with Crippen LogP contribution in [0.4, 0.5) is 11.4 Å². The summed E-state index contributed by atoms with van der Waals surface area (Å²) in [5.41, 5.74) is 1.97. The number of phenols is 1. The molecule has 0 aliphatic carbocycles. The van der Waals surface area contributed by atoms with Gasteiger partial charge in [0, 0.05) is 17.7 Å². The van der Waals surface area contributed by atoms with Crippen LogP contribution in [0.25, 0.3) is 0 Å². The van der Waals surface area contributed by atoms with Crippen LogP contribution in [0.2, 0.25) is 0 Å². The molecule has 2 N–H and O–H groups in total. The van der Waals surface area contributed by atoms with Crippen molar-refractivity contribution in [1.82, 2.24) is 5.43 Å². The van der Waals surface area contributed by atoms with Crippen molar-refractivity contribution in [3.63, 3.8) is 0 Å². The monoisotopic (exact) mass is 516 g/mol. The summed E-state index contributed by atoms with van der Waals surface area (Å²) < 4.78 is 10.6. The SMILES string of the molecule is CCOc1cc([N+](=O)[O-])cc(/C=N/NC(=O)COc2ccc(C(C)(C)CC(C)(C)C)cc2[N+](=O)[O-])c1O. The number of carbonyl (C=O) groups excluding carboxylic acids is 1. The Morgan fingerprint density at radius 1 is 1.05 bits per heavy atom. The number of carbonyl (C=O) groups is 1. The van der Waals surface area contributed by atoms with Crippen LogP contribution in [0.5, 0.6) is 17.2 Å². The summed E-state index contributed by atoms with van der Waals surface area (Å²) in [4.78, 5) is 33.7. The molecule has 0 heterocycles. The van der Waals surface area contributed by atoms with E-state index in [1.807, 2.05) is 13.8 Å². The summed E-state index contributed by atoms with van der Waals surface area (Å²) >= 11 is 0. The van der Waals surface area contributed by atoms with Crippen molar-refractivity contribution in [2.45, 2.75) is 53.4 Å². The zero-order valence-electron chi connectivity index (χ0n) is 21.7. The van der Waals surface area contributed by atoms with Gasteiger partial charge in [-0.2, -0.15) is 5.10 Å². The third-order valence-electron chi connectivity index (χ3n) is 5.26. The van der Waals surface area contributed by atoms with Gasteiger partial charge in [-0.05, 0) is 35.8 Å². The molecule has 0 aliphatic rings. The third kappa shape index (κ3) is 8.16. The Morgan fingerprint density at radius 3 is 2.30 bits per heavy atom. The number of nitro benzene ring substituents is 2. The van der Waals surface area contributed by atoms with Gasteiger partial charge in [0.15, 0.2) is 23.9 Å². The van der Waals surface area contributed by atoms with Gasteiger partial charge in [0.25, 0.3) is 11.6 Å². The third-order valence-corrected chi connectivity index (χ3v) is 5.26. The first-order valence-electron chi connectivity index (χ1n) is 11.5. The molecule has 0 fully saturated rings. The van der Waals surface area contributed by atoms with Gasteiger partial charge in [-0.3, -0.25) is 25.0 Å². The van der Waals surface area contributed by atoms with E-state index in [-0.39, 0.29) is 51.6 Å². The summed E-state index contributed by atoms with van der Waals surface area (Å²) in [5.74, 6) is -1.30. The first-order chi connectivity index (χ1) is 17.1. The molecule has 0 bridgehead atoms. The molecule has 200 valence electrons. The van der Waals surface area contributed by atoms with Gasteiger partial charge in [0.2, 0.25) is 0 Å². The minimum atomic E-state index is -0.738. The molecule has 12 heteroatoms. The number of nitro groups is 2. The number of nitrogens with zero attached hydrogens (tertiary/aromatic N) is 3. The molecule has 37 heavy (non-hydrogen) atoms. The number of benzene rings is 2. The maximum Gasteiger partial charge on any atom is 0.311 e. The predicted molar refractivity (Wildman–Crippen MR) is 137 cm³/mol. The van der Waals surface area contributed by atoms with Gasteiger partial charge in [-0.25, -0.2) is 5.43 Å². The molecule has 0 aromatic heterocycles. The standard InChI is InChI=1S/C25H32N4O8/c1-7-36-21-12-18(28(32)33)10-16(23(21)31)13-26-27-22(30)14-37-20-9-8-17(11-19(20)29(34)35)25(5,6)15-24(2,3)4/h8-13,31H,7,14-15H2,1-6H3,(H,27,30)/b26-13+. The molecular weight excluding hydrogens is 484 g/mol. The lowest BCUT2D eigenvalue weighted by atomic mass is 9.72. The molecule has 0 radical (unpaired) electrons. The number of ether oxygens (including phenoxy) is 2. The van der Waals surface area contributed by atoms with Crippen molar-refractivity contribution in [3.8, 4) is 17.2 Å². The van der Waals surface area contributed by atoms with Crippen molar-refractivity contribution in [1.29, 1.82) is 0 Å². The van der Waals surface area contributed by atoms with Gasteiger partial charge in [-0.15, -0.1) is 0 Å². The smallest absolute Gasteiger partial charge is 0.311 e. The van der Waals surface area contributed by atoms with Crippen molar-refractivity contribution >= 4 is 23.5 Å². The molecule has 2 aromatic rings. The fourth-order valence-corrected chi connectivity index (χ4v) is 4.06. The van der Waals surface area contributed by atoms with E-state index in [1.54, 1.807) is 13.0 Å². The van der Waals surface area contributed by atoms with Gasteiger partial charge in [0.1, 0.15) is 0 Å². The Bertz CT molecular complexity index is 1200. The average molecular weight is 517 g/mol. The number of hydrogen-bond acceptors (Lipinski definition) is 9. The van der Waals surface area contributed by atoms with Crippen LogP contribution < -0.4 is 14.9 Å². The van der Waals surface area contributed by atoms with Crippen LogP contribution >= 0.6 is 0 Å². The van der Waals surface area contributed by atoms with Crippen molar-refractivity contribution in [3.05, 3.63) is 61.7 Å². The highest BCUT2D eigenvalue weighted by Gasteiger charge is 2.30. The number of amides is 1. The zero-order chi connectivity index (χ0) is 28.0. The fraction of sp³-hybridized carbons (Fsp3) is 0.440. The number of hydrazone groups is 1. The molecular formula is C25H32N4O8. The van der Waals surface area contributed by atoms with E-state index in [0.717, 1.165) is 30.3 Å². The molecule has 0 spiro atoms. The van der Waals surface area contributed by atoms with Crippen LogP contribution in [-0.4, -0.2) is 40.3 Å². The largest absolute Gasteiger partial charge is 0.504 e. The summed E-state index contributed by atoms with van der Waals surface area (Å²) in [6.07, 6.45) is 1.81. The highest BCUT2D eigenvalue weighted by atomic mass is 16.6. The average Bonchev–Trinajstić information content (AvgIpc) is 2.78. The van der Waals surface area contributed by atoms with E-state index in [1.165, 1.54) is 12.1 Å². The Labute approximate surface area is 214 Å². The van der Waals surface area contributed by atoms with Crippen molar-refractivity contribution in [2.24, 2.45) is 10.5 Å². The van der Waals surface area contributed by atoms with Gasteiger partial charge in [0.05, 0.1) is 28.7 Å². The number of rotatable bonds is 11. The highest BCUT2D eigenvalue weighted by molar-refractivity contribution is 5.87. The Balaban J connectivity index is 2.13. The molecule has 0 saturated carbocycles. The van der Waals surface area contributed by atoms with E-state index in [9.17, 15) is 30.1 Å². The minimum absolute atomic E-state index is 0.0120. The normalized spacial score (nSPS) is 11.8. The number of phenolic OH excluding ortho intramolecular Hbond substituents is 1. The molecule has 2 rings (SSSR count). The second kappa shape index (κ2) is 11.7. The lowest BCUT2D eigenvalue weighted by molar-refractivity contribution is -0.385. The van der Waals surface area contributed by atoms with Gasteiger partial charge >= 0.3 is 5.69 Å². The summed E-state index contributed by atoms with van der Waals surface area (Å²) in [7, 11) is 0. The second-order valence-electron chi connectivity index (χ2n) is 10.2. The maximum absolute atomic E-state index is 12.2. The minimum Gasteiger partial charge on any atom is -0.504 e. The zero-order valence-corrected chi connectivity index (χ0v) is 21.7. The summed E-state index contributed by atoms with van der Waals surface area (Å²) in [6, 6.07) is 6.80. The second-order valence-corrected chi connectivity index (χ2v) is 10.2. The van der Waals surface area contributed by atoms with Crippen molar-refractivity contribution < 1.29 is 29.2 Å². The van der Waals surface area contributed by atoms with Gasteiger partial charge < -0.3 is 14.6 Å². The molecule has 2 aromatic carbocycles. The van der Waals surface area contributed by atoms with Crippen LogP contribution in [0.15, 0.2) is 35.4 Å². The van der Waals surface area contributed by atoms with Crippen LogP contribution in [0, 0.1) is 25.6 Å². The Kier molecular flexibility index (Phi) is 9.16. The topological polar surface area (TPSA) is 166 Å². The predicted octanol–water partition coefficient (Wildman–Crippen LogP) is 4.85. The number of non-ortho nitro benzene ring substituents is 1. The first-order valence-corrected chi connectivity index (χ1v) is 11.5.